The van der Waals surface area contributed by atoms with E-state index in [9.17, 15) is 0 Å². The fourth-order valence-electron chi connectivity index (χ4n) is 2.91. The molecule has 88 valence electrons. The van der Waals surface area contributed by atoms with Crippen molar-refractivity contribution in [1.82, 2.24) is 0 Å². The van der Waals surface area contributed by atoms with Crippen LogP contribution in [0.2, 0.25) is 0 Å². The van der Waals surface area contributed by atoms with Crippen LogP contribution in [-0.2, 0) is 6.42 Å². The molecule has 0 spiro atoms. The summed E-state index contributed by atoms with van der Waals surface area (Å²) in [5, 5.41) is 0. The van der Waals surface area contributed by atoms with Crippen molar-refractivity contribution >= 4 is 0 Å². The minimum Gasteiger partial charge on any atom is -0.496 e. The molecule has 2 rings (SSSR count). The lowest BCUT2D eigenvalue weighted by Crippen LogP contribution is -2.23. The molecule has 0 radical (unpaired) electrons. The molecule has 1 nitrogen and oxygen atoms in total. The Morgan fingerprint density at radius 3 is 2.62 bits per heavy atom. The van der Waals surface area contributed by atoms with E-state index < -0.39 is 0 Å². The van der Waals surface area contributed by atoms with Gasteiger partial charge in [0.05, 0.1) is 7.11 Å². The number of fused-ring (bicyclic) bond motifs is 1. The van der Waals surface area contributed by atoms with Crippen LogP contribution in [0.15, 0.2) is 18.2 Å². The lowest BCUT2D eigenvalue weighted by molar-refractivity contribution is 0.286. The third-order valence-corrected chi connectivity index (χ3v) is 3.73. The Morgan fingerprint density at radius 1 is 1.25 bits per heavy atom. The minimum atomic E-state index is 0.349. The Kier molecular flexibility index (Phi) is 2.96. The van der Waals surface area contributed by atoms with Gasteiger partial charge in [0.1, 0.15) is 5.75 Å². The molecule has 1 aliphatic carbocycles. The fraction of sp³-hybridized carbons (Fsp3) is 0.600. The number of rotatable bonds is 1. The molecule has 0 saturated carbocycles. The Morgan fingerprint density at radius 2 is 2.00 bits per heavy atom. The normalized spacial score (nSPS) is 20.4. The number of benzene rings is 1. The van der Waals surface area contributed by atoms with E-state index in [4.69, 9.17) is 4.74 Å². The zero-order chi connectivity index (χ0) is 11.8. The van der Waals surface area contributed by atoms with Crippen LogP contribution < -0.4 is 4.74 Å². The summed E-state index contributed by atoms with van der Waals surface area (Å²) in [4.78, 5) is 0. The zero-order valence-electron chi connectivity index (χ0n) is 10.8. The monoisotopic (exact) mass is 218 g/mol. The van der Waals surface area contributed by atoms with E-state index in [0.717, 1.165) is 5.75 Å². The first-order valence-electron chi connectivity index (χ1n) is 6.20. The first kappa shape index (κ1) is 11.5. The average molecular weight is 218 g/mol. The summed E-state index contributed by atoms with van der Waals surface area (Å²) in [6.45, 7) is 7.02. The van der Waals surface area contributed by atoms with Gasteiger partial charge in [-0.2, -0.15) is 0 Å². The standard InChI is InChI=1S/C15H22O/c1-15(2,3)13-9-5-8-12-11(13)7-6-10-14(12)16-4/h6-7,10,13H,5,8-9H2,1-4H3. The van der Waals surface area contributed by atoms with Gasteiger partial charge in [-0.15, -0.1) is 0 Å². The molecule has 0 aliphatic heterocycles. The largest absolute Gasteiger partial charge is 0.496 e. The first-order valence-corrected chi connectivity index (χ1v) is 6.20. The third kappa shape index (κ3) is 1.95. The van der Waals surface area contributed by atoms with Crippen molar-refractivity contribution in [3.63, 3.8) is 0 Å². The van der Waals surface area contributed by atoms with E-state index in [1.165, 1.54) is 30.4 Å². The summed E-state index contributed by atoms with van der Waals surface area (Å²) >= 11 is 0. The van der Waals surface area contributed by atoms with Gasteiger partial charge in [-0.05, 0) is 47.8 Å². The van der Waals surface area contributed by atoms with E-state index in [0.29, 0.717) is 11.3 Å². The topological polar surface area (TPSA) is 9.23 Å². The molecule has 0 amide bonds. The Labute approximate surface area is 98.8 Å². The van der Waals surface area contributed by atoms with Crippen molar-refractivity contribution in [3.8, 4) is 5.75 Å². The van der Waals surface area contributed by atoms with E-state index in [2.05, 4.69) is 39.0 Å². The molecule has 0 bridgehead atoms. The molecular formula is C15H22O. The minimum absolute atomic E-state index is 0.349. The maximum atomic E-state index is 5.47. The van der Waals surface area contributed by atoms with Crippen LogP contribution in [0.25, 0.3) is 0 Å². The van der Waals surface area contributed by atoms with Crippen LogP contribution in [0.4, 0.5) is 0 Å². The van der Waals surface area contributed by atoms with Crippen molar-refractivity contribution < 1.29 is 4.74 Å². The van der Waals surface area contributed by atoms with Crippen molar-refractivity contribution in [2.45, 2.75) is 46.0 Å². The van der Waals surface area contributed by atoms with Gasteiger partial charge in [0.2, 0.25) is 0 Å². The van der Waals surface area contributed by atoms with Gasteiger partial charge in [-0.3, -0.25) is 0 Å². The summed E-state index contributed by atoms with van der Waals surface area (Å²) in [6.07, 6.45) is 3.77. The van der Waals surface area contributed by atoms with Gasteiger partial charge in [0.25, 0.3) is 0 Å². The predicted molar refractivity (Wildman–Crippen MR) is 68.1 cm³/mol. The van der Waals surface area contributed by atoms with Gasteiger partial charge in [-0.1, -0.05) is 32.9 Å². The second-order valence-electron chi connectivity index (χ2n) is 5.84. The molecule has 1 aliphatic rings. The summed E-state index contributed by atoms with van der Waals surface area (Å²) in [6, 6.07) is 6.50. The number of hydrogen-bond acceptors (Lipinski definition) is 1. The SMILES string of the molecule is COc1cccc2c1CCCC2C(C)(C)C. The predicted octanol–water partition coefficient (Wildman–Crippen LogP) is 4.16. The number of hydrogen-bond donors (Lipinski definition) is 0. The summed E-state index contributed by atoms with van der Waals surface area (Å²) in [5.74, 6) is 1.75. The molecular weight excluding hydrogens is 196 g/mol. The molecule has 1 atom stereocenters. The van der Waals surface area contributed by atoms with Gasteiger partial charge in [-0.25, -0.2) is 0 Å². The summed E-state index contributed by atoms with van der Waals surface area (Å²) < 4.78 is 5.47. The van der Waals surface area contributed by atoms with E-state index >= 15 is 0 Å². The second kappa shape index (κ2) is 4.12. The maximum absolute atomic E-state index is 5.47. The molecule has 1 unspecified atom stereocenters. The van der Waals surface area contributed by atoms with E-state index in [-0.39, 0.29) is 0 Å². The van der Waals surface area contributed by atoms with Gasteiger partial charge in [0, 0.05) is 0 Å². The van der Waals surface area contributed by atoms with Crippen LogP contribution in [0.1, 0.15) is 50.7 Å². The van der Waals surface area contributed by atoms with Crippen LogP contribution in [-0.4, -0.2) is 7.11 Å². The lowest BCUT2D eigenvalue weighted by Gasteiger charge is -2.36. The molecule has 0 aromatic heterocycles. The van der Waals surface area contributed by atoms with Crippen LogP contribution in [0.5, 0.6) is 5.75 Å². The first-order chi connectivity index (χ1) is 7.54. The lowest BCUT2D eigenvalue weighted by atomic mass is 9.69. The Hall–Kier alpha value is -0.980. The Balaban J connectivity index is 2.47. The van der Waals surface area contributed by atoms with Crippen molar-refractivity contribution in [1.29, 1.82) is 0 Å². The van der Waals surface area contributed by atoms with Crippen LogP contribution in [0.3, 0.4) is 0 Å². The number of ether oxygens (including phenoxy) is 1. The highest BCUT2D eigenvalue weighted by Crippen LogP contribution is 2.45. The summed E-state index contributed by atoms with van der Waals surface area (Å²) in [5.41, 5.74) is 3.30. The van der Waals surface area contributed by atoms with Gasteiger partial charge in [0.15, 0.2) is 0 Å². The highest BCUT2D eigenvalue weighted by Gasteiger charge is 2.31. The van der Waals surface area contributed by atoms with Crippen LogP contribution in [0, 0.1) is 5.41 Å². The van der Waals surface area contributed by atoms with E-state index in [1.54, 1.807) is 7.11 Å². The van der Waals surface area contributed by atoms with Crippen molar-refractivity contribution in [3.05, 3.63) is 29.3 Å². The molecule has 1 aromatic rings. The average Bonchev–Trinajstić information content (AvgIpc) is 2.26. The molecule has 1 aromatic carbocycles. The van der Waals surface area contributed by atoms with Crippen molar-refractivity contribution in [2.24, 2.45) is 5.41 Å². The molecule has 0 fully saturated rings. The molecule has 16 heavy (non-hydrogen) atoms. The Bertz CT molecular complexity index is 374. The van der Waals surface area contributed by atoms with Crippen LogP contribution >= 0.6 is 0 Å². The van der Waals surface area contributed by atoms with E-state index in [1.807, 2.05) is 0 Å². The fourth-order valence-corrected chi connectivity index (χ4v) is 2.91. The third-order valence-electron chi connectivity index (χ3n) is 3.73. The summed E-state index contributed by atoms with van der Waals surface area (Å²) in [7, 11) is 1.77. The zero-order valence-corrected chi connectivity index (χ0v) is 10.8. The highest BCUT2D eigenvalue weighted by molar-refractivity contribution is 5.44. The van der Waals surface area contributed by atoms with Gasteiger partial charge < -0.3 is 4.74 Å². The highest BCUT2D eigenvalue weighted by atomic mass is 16.5. The van der Waals surface area contributed by atoms with Crippen molar-refractivity contribution in [2.75, 3.05) is 7.11 Å². The number of methoxy groups -OCH3 is 1. The maximum Gasteiger partial charge on any atom is 0.122 e. The second-order valence-corrected chi connectivity index (χ2v) is 5.84. The van der Waals surface area contributed by atoms with Gasteiger partial charge >= 0.3 is 0 Å². The smallest absolute Gasteiger partial charge is 0.122 e. The molecule has 0 N–H and O–H groups in total. The molecule has 0 heterocycles. The molecule has 0 saturated heterocycles. The quantitative estimate of drug-likeness (QED) is 0.687. The molecule has 1 heteroatoms.